The molecule has 0 aliphatic rings. The summed E-state index contributed by atoms with van der Waals surface area (Å²) in [5.74, 6) is 0. The third-order valence-electron chi connectivity index (χ3n) is 2.57. The topological polar surface area (TPSA) is 27.7 Å². The van der Waals surface area contributed by atoms with E-state index in [1.54, 1.807) is 0 Å². The van der Waals surface area contributed by atoms with Gasteiger partial charge in [0.2, 0.25) is 0 Å². The van der Waals surface area contributed by atoms with Crippen molar-refractivity contribution in [3.8, 4) is 0 Å². The van der Waals surface area contributed by atoms with E-state index in [0.717, 1.165) is 0 Å². The molecule has 0 bridgehead atoms. The van der Waals surface area contributed by atoms with Crippen molar-refractivity contribution in [2.45, 2.75) is 20.8 Å². The first-order chi connectivity index (χ1) is 9.81. The zero-order valence-electron chi connectivity index (χ0n) is 12.5. The Labute approximate surface area is 123 Å². The zero-order chi connectivity index (χ0) is 14.6. The molecule has 0 spiro atoms. The van der Waals surface area contributed by atoms with Gasteiger partial charge in [-0.05, 0) is 31.5 Å². The molecule has 3 nitrogen and oxygen atoms in total. The number of fused-ring (bicyclic) bond motifs is 1. The van der Waals surface area contributed by atoms with Crippen molar-refractivity contribution in [2.24, 2.45) is 0 Å². The van der Waals surface area contributed by atoms with Gasteiger partial charge >= 0.3 is 9.53 Å². The summed E-state index contributed by atoms with van der Waals surface area (Å²) < 4.78 is 15.7. The van der Waals surface area contributed by atoms with E-state index in [1.807, 2.05) is 20.8 Å². The maximum Gasteiger partial charge on any atom is 0.484 e. The normalized spacial score (nSPS) is 10.4. The summed E-state index contributed by atoms with van der Waals surface area (Å²) in [5.41, 5.74) is 0. The average molecular weight is 292 g/mol. The molecule has 110 valence electrons. The lowest BCUT2D eigenvalue weighted by Crippen LogP contribution is -2.27. The Morgan fingerprint density at radius 3 is 1.20 bits per heavy atom. The fourth-order valence-electron chi connectivity index (χ4n) is 1.69. The molecular formula is C16H24O3Si. The summed E-state index contributed by atoms with van der Waals surface area (Å²) in [6.07, 6.45) is 0. The van der Waals surface area contributed by atoms with Crippen LogP contribution >= 0.6 is 0 Å². The molecule has 0 unspecified atom stereocenters. The molecule has 0 aliphatic heterocycles. The predicted molar refractivity (Wildman–Crippen MR) is 86.0 cm³/mol. The summed E-state index contributed by atoms with van der Waals surface area (Å²) >= 11 is 0. The van der Waals surface area contributed by atoms with Gasteiger partial charge in [-0.3, -0.25) is 0 Å². The molecule has 20 heavy (non-hydrogen) atoms. The number of rotatable bonds is 6. The van der Waals surface area contributed by atoms with Crippen molar-refractivity contribution in [1.82, 2.24) is 0 Å². The molecule has 2 aromatic rings. The van der Waals surface area contributed by atoms with Crippen LogP contribution in [0.3, 0.4) is 0 Å². The number of hydrogen-bond donors (Lipinski definition) is 0. The predicted octanol–water partition coefficient (Wildman–Crippen LogP) is 3.65. The van der Waals surface area contributed by atoms with Crippen LogP contribution in [0.25, 0.3) is 10.8 Å². The van der Waals surface area contributed by atoms with Crippen LogP contribution in [-0.2, 0) is 13.3 Å². The Bertz CT molecular complexity index is 396. The lowest BCUT2D eigenvalue weighted by molar-refractivity contribution is 0.107. The van der Waals surface area contributed by atoms with E-state index in [0.29, 0.717) is 19.8 Å². The molecule has 4 heteroatoms. The Balaban J connectivity index is 0.000000200. The Morgan fingerprint density at radius 2 is 0.950 bits per heavy atom. The van der Waals surface area contributed by atoms with Crippen molar-refractivity contribution in [2.75, 3.05) is 19.8 Å². The largest absolute Gasteiger partial charge is 0.484 e. The second-order valence-electron chi connectivity index (χ2n) is 4.00. The first kappa shape index (κ1) is 16.9. The van der Waals surface area contributed by atoms with Crippen molar-refractivity contribution in [3.05, 3.63) is 48.5 Å². The second kappa shape index (κ2) is 10.6. The zero-order valence-corrected chi connectivity index (χ0v) is 13.7. The van der Waals surface area contributed by atoms with E-state index < -0.39 is 9.53 Å². The minimum absolute atomic E-state index is 0.677. The van der Waals surface area contributed by atoms with Crippen LogP contribution in [0, 0.1) is 0 Å². The van der Waals surface area contributed by atoms with Crippen LogP contribution < -0.4 is 0 Å². The fraction of sp³-hybridized carbons (Fsp3) is 0.375. The number of hydrogen-bond acceptors (Lipinski definition) is 3. The Morgan fingerprint density at radius 1 is 0.650 bits per heavy atom. The fourth-order valence-corrected chi connectivity index (χ4v) is 2.79. The summed E-state index contributed by atoms with van der Waals surface area (Å²) in [5, 5.41) is 2.62. The standard InChI is InChI=1S/C10H8.C6H16O3Si/c1-2-6-10-8-4-3-7-9(10)5-1;1-4-7-10(8-5-2)9-6-3/h1-8H;10H,4-6H2,1-3H3. The molecule has 0 atom stereocenters. The van der Waals surface area contributed by atoms with Gasteiger partial charge in [-0.2, -0.15) is 0 Å². The average Bonchev–Trinajstić information content (AvgIpc) is 2.49. The maximum atomic E-state index is 5.22. The third kappa shape index (κ3) is 6.30. The second-order valence-corrected chi connectivity index (χ2v) is 5.58. The van der Waals surface area contributed by atoms with Crippen LogP contribution in [0.15, 0.2) is 48.5 Å². The molecule has 0 radical (unpaired) electrons. The number of benzene rings is 2. The van der Waals surface area contributed by atoms with Crippen LogP contribution in [0.2, 0.25) is 0 Å². The van der Waals surface area contributed by atoms with Crippen LogP contribution in [0.1, 0.15) is 20.8 Å². The monoisotopic (exact) mass is 292 g/mol. The first-order valence-corrected chi connectivity index (χ1v) is 8.51. The van der Waals surface area contributed by atoms with Gasteiger partial charge in [0.05, 0.1) is 0 Å². The summed E-state index contributed by atoms with van der Waals surface area (Å²) in [6.45, 7) is 7.86. The third-order valence-corrected chi connectivity index (χ3v) is 4.38. The summed E-state index contributed by atoms with van der Waals surface area (Å²) in [7, 11) is -1.73. The maximum absolute atomic E-state index is 5.22. The lowest BCUT2D eigenvalue weighted by Gasteiger charge is -2.12. The molecule has 2 aromatic carbocycles. The highest BCUT2D eigenvalue weighted by Crippen LogP contribution is 2.11. The van der Waals surface area contributed by atoms with E-state index in [9.17, 15) is 0 Å². The van der Waals surface area contributed by atoms with Gasteiger partial charge in [-0.15, -0.1) is 0 Å². The Kier molecular flexibility index (Phi) is 8.90. The van der Waals surface area contributed by atoms with Gasteiger partial charge in [-0.25, -0.2) is 0 Å². The van der Waals surface area contributed by atoms with Gasteiger partial charge in [0, 0.05) is 19.8 Å². The van der Waals surface area contributed by atoms with Crippen molar-refractivity contribution in [3.63, 3.8) is 0 Å². The van der Waals surface area contributed by atoms with Crippen LogP contribution in [0.5, 0.6) is 0 Å². The quantitative estimate of drug-likeness (QED) is 0.761. The molecular weight excluding hydrogens is 268 g/mol. The summed E-state index contributed by atoms with van der Waals surface area (Å²) in [4.78, 5) is 0. The highest BCUT2D eigenvalue weighted by Gasteiger charge is 2.11. The summed E-state index contributed by atoms with van der Waals surface area (Å²) in [6, 6.07) is 16.7. The molecule has 0 aromatic heterocycles. The lowest BCUT2D eigenvalue weighted by atomic mass is 10.1. The van der Waals surface area contributed by atoms with Gasteiger partial charge in [0.25, 0.3) is 0 Å². The van der Waals surface area contributed by atoms with Gasteiger partial charge in [0.15, 0.2) is 0 Å². The Hall–Kier alpha value is -1.20. The van der Waals surface area contributed by atoms with Gasteiger partial charge < -0.3 is 13.3 Å². The molecule has 0 fully saturated rings. The van der Waals surface area contributed by atoms with Crippen LogP contribution in [-0.4, -0.2) is 29.3 Å². The van der Waals surface area contributed by atoms with Crippen molar-refractivity contribution >= 4 is 20.3 Å². The molecule has 0 amide bonds. The first-order valence-electron chi connectivity index (χ1n) is 7.10. The van der Waals surface area contributed by atoms with E-state index in [4.69, 9.17) is 13.3 Å². The highest BCUT2D eigenvalue weighted by atomic mass is 28.3. The van der Waals surface area contributed by atoms with Gasteiger partial charge in [0.1, 0.15) is 0 Å². The molecule has 0 aliphatic carbocycles. The molecule has 0 N–H and O–H groups in total. The van der Waals surface area contributed by atoms with Crippen LogP contribution in [0.4, 0.5) is 0 Å². The molecule has 2 rings (SSSR count). The van der Waals surface area contributed by atoms with Gasteiger partial charge in [-0.1, -0.05) is 48.5 Å². The SMILES string of the molecule is CCO[SiH](OCC)OCC.c1ccc2ccccc2c1. The molecule has 0 heterocycles. The highest BCUT2D eigenvalue weighted by molar-refractivity contribution is 6.36. The van der Waals surface area contributed by atoms with Crippen molar-refractivity contribution < 1.29 is 13.3 Å². The minimum Gasteiger partial charge on any atom is -0.376 e. The van der Waals surface area contributed by atoms with E-state index >= 15 is 0 Å². The molecule has 0 saturated heterocycles. The van der Waals surface area contributed by atoms with Crippen molar-refractivity contribution in [1.29, 1.82) is 0 Å². The van der Waals surface area contributed by atoms with E-state index in [-0.39, 0.29) is 0 Å². The smallest absolute Gasteiger partial charge is 0.376 e. The van der Waals surface area contributed by atoms with E-state index in [2.05, 4.69) is 48.5 Å². The molecule has 0 saturated carbocycles. The van der Waals surface area contributed by atoms with E-state index in [1.165, 1.54) is 10.8 Å². The minimum atomic E-state index is -1.73.